The maximum Gasteiger partial charge on any atom is 0.238 e. The molecule has 1 heterocycles. The maximum atomic E-state index is 10.2. The molecule has 0 radical (unpaired) electrons. The second-order valence-electron chi connectivity index (χ2n) is 2.78. The Morgan fingerprint density at radius 3 is 3.00 bits per heavy atom. The predicted octanol–water partition coefficient (Wildman–Crippen LogP) is 1.44. The number of ether oxygens (including phenoxy) is 1. The van der Waals surface area contributed by atoms with Crippen LogP contribution in [0.3, 0.4) is 0 Å². The lowest BCUT2D eigenvalue weighted by Crippen LogP contribution is -2.09. The third-order valence-electron chi connectivity index (χ3n) is 1.33. The molecule has 0 spiro atoms. The molecule has 1 amide bonds. The summed E-state index contributed by atoms with van der Waals surface area (Å²) in [5.41, 5.74) is 0.589. The van der Waals surface area contributed by atoms with E-state index in [4.69, 9.17) is 4.74 Å². The molecule has 0 atom stereocenters. The van der Waals surface area contributed by atoms with Crippen LogP contribution in [0.15, 0.2) is 18.3 Å². The first kappa shape index (κ1) is 9.51. The van der Waals surface area contributed by atoms with Gasteiger partial charge in [-0.1, -0.05) is 0 Å². The molecule has 1 aromatic rings. The highest BCUT2D eigenvalue weighted by atomic mass is 16.5. The average Bonchev–Trinajstić information content (AvgIpc) is 2.08. The topological polar surface area (TPSA) is 51.2 Å². The van der Waals surface area contributed by atoms with Crippen LogP contribution in [0, 0.1) is 0 Å². The van der Waals surface area contributed by atoms with Gasteiger partial charge in [0.1, 0.15) is 5.69 Å². The van der Waals surface area contributed by atoms with E-state index in [9.17, 15) is 4.79 Å². The highest BCUT2D eigenvalue weighted by Crippen LogP contribution is 2.20. The summed E-state index contributed by atoms with van der Waals surface area (Å²) in [5, 5.41) is 2.51. The quantitative estimate of drug-likeness (QED) is 0.713. The SMILES string of the molecule is CC(C)Oc1ncccc1NC=O. The van der Waals surface area contributed by atoms with E-state index in [1.165, 1.54) is 0 Å². The molecule has 1 aromatic heterocycles. The summed E-state index contributed by atoms with van der Waals surface area (Å²) in [6, 6.07) is 3.47. The van der Waals surface area contributed by atoms with Gasteiger partial charge in [-0.05, 0) is 26.0 Å². The van der Waals surface area contributed by atoms with Gasteiger partial charge in [-0.15, -0.1) is 0 Å². The first-order chi connectivity index (χ1) is 6.24. The third-order valence-corrected chi connectivity index (χ3v) is 1.33. The van der Waals surface area contributed by atoms with E-state index in [0.29, 0.717) is 18.0 Å². The van der Waals surface area contributed by atoms with Crippen LogP contribution in [-0.2, 0) is 4.79 Å². The molecular formula is C9H12N2O2. The Labute approximate surface area is 76.9 Å². The molecule has 4 nitrogen and oxygen atoms in total. The molecule has 0 fully saturated rings. The predicted molar refractivity (Wildman–Crippen MR) is 49.7 cm³/mol. The van der Waals surface area contributed by atoms with Crippen LogP contribution in [-0.4, -0.2) is 17.5 Å². The Morgan fingerprint density at radius 1 is 1.62 bits per heavy atom. The molecule has 0 saturated heterocycles. The number of nitrogens with one attached hydrogen (secondary N) is 1. The van der Waals surface area contributed by atoms with Gasteiger partial charge in [0.05, 0.1) is 6.10 Å². The van der Waals surface area contributed by atoms with Gasteiger partial charge in [0.2, 0.25) is 12.3 Å². The number of hydrogen-bond donors (Lipinski definition) is 1. The van der Waals surface area contributed by atoms with Crippen molar-refractivity contribution in [3.05, 3.63) is 18.3 Å². The minimum absolute atomic E-state index is 0.0436. The van der Waals surface area contributed by atoms with E-state index in [1.54, 1.807) is 18.3 Å². The van der Waals surface area contributed by atoms with Crippen molar-refractivity contribution >= 4 is 12.1 Å². The molecule has 0 saturated carbocycles. The zero-order chi connectivity index (χ0) is 9.68. The summed E-state index contributed by atoms with van der Waals surface area (Å²) in [5.74, 6) is 0.449. The molecule has 0 aromatic carbocycles. The lowest BCUT2D eigenvalue weighted by molar-refractivity contribution is -0.105. The summed E-state index contributed by atoms with van der Waals surface area (Å²) >= 11 is 0. The highest BCUT2D eigenvalue weighted by molar-refractivity contribution is 5.73. The number of amides is 1. The van der Waals surface area contributed by atoms with Gasteiger partial charge in [0.15, 0.2) is 0 Å². The van der Waals surface area contributed by atoms with E-state index >= 15 is 0 Å². The Kier molecular flexibility index (Phi) is 3.25. The summed E-state index contributed by atoms with van der Waals surface area (Å²) in [6.07, 6.45) is 2.26. The number of aromatic nitrogens is 1. The molecule has 4 heteroatoms. The maximum absolute atomic E-state index is 10.2. The molecule has 1 rings (SSSR count). The fraction of sp³-hybridized carbons (Fsp3) is 0.333. The van der Waals surface area contributed by atoms with Crippen LogP contribution in [0.2, 0.25) is 0 Å². The molecule has 0 aliphatic carbocycles. The molecular weight excluding hydrogens is 168 g/mol. The number of anilines is 1. The Hall–Kier alpha value is -1.58. The summed E-state index contributed by atoms with van der Waals surface area (Å²) in [6.45, 7) is 3.80. The second-order valence-corrected chi connectivity index (χ2v) is 2.78. The van der Waals surface area contributed by atoms with Gasteiger partial charge in [0.25, 0.3) is 0 Å². The molecule has 1 N–H and O–H groups in total. The summed E-state index contributed by atoms with van der Waals surface area (Å²) in [7, 11) is 0. The number of hydrogen-bond acceptors (Lipinski definition) is 3. The lowest BCUT2D eigenvalue weighted by Gasteiger charge is -2.11. The molecule has 0 bridgehead atoms. The average molecular weight is 180 g/mol. The smallest absolute Gasteiger partial charge is 0.238 e. The van der Waals surface area contributed by atoms with Crippen LogP contribution < -0.4 is 10.1 Å². The molecule has 70 valence electrons. The van der Waals surface area contributed by atoms with Crippen molar-refractivity contribution in [3.63, 3.8) is 0 Å². The highest BCUT2D eigenvalue weighted by Gasteiger charge is 2.04. The minimum atomic E-state index is 0.0436. The van der Waals surface area contributed by atoms with Gasteiger partial charge in [-0.25, -0.2) is 4.98 Å². The zero-order valence-corrected chi connectivity index (χ0v) is 7.65. The molecule has 0 unspecified atom stereocenters. The van der Waals surface area contributed by atoms with Crippen molar-refractivity contribution in [3.8, 4) is 5.88 Å². The normalized spacial score (nSPS) is 9.77. The van der Waals surface area contributed by atoms with Crippen LogP contribution in [0.1, 0.15) is 13.8 Å². The summed E-state index contributed by atoms with van der Waals surface area (Å²) in [4.78, 5) is 14.2. The number of carbonyl (C=O) groups excluding carboxylic acids is 1. The summed E-state index contributed by atoms with van der Waals surface area (Å²) < 4.78 is 5.37. The van der Waals surface area contributed by atoms with Crippen molar-refractivity contribution in [2.24, 2.45) is 0 Å². The monoisotopic (exact) mass is 180 g/mol. The van der Waals surface area contributed by atoms with Gasteiger partial charge >= 0.3 is 0 Å². The Bertz CT molecular complexity index is 287. The largest absolute Gasteiger partial charge is 0.473 e. The first-order valence-electron chi connectivity index (χ1n) is 4.06. The fourth-order valence-electron chi connectivity index (χ4n) is 0.881. The Morgan fingerprint density at radius 2 is 2.38 bits per heavy atom. The van der Waals surface area contributed by atoms with E-state index < -0.39 is 0 Å². The number of nitrogens with zero attached hydrogens (tertiary/aromatic N) is 1. The first-order valence-corrected chi connectivity index (χ1v) is 4.06. The van der Waals surface area contributed by atoms with Gasteiger partial charge in [-0.2, -0.15) is 0 Å². The molecule has 13 heavy (non-hydrogen) atoms. The van der Waals surface area contributed by atoms with E-state index in [0.717, 1.165) is 0 Å². The molecule has 0 aliphatic rings. The van der Waals surface area contributed by atoms with E-state index in [2.05, 4.69) is 10.3 Å². The van der Waals surface area contributed by atoms with Crippen LogP contribution >= 0.6 is 0 Å². The van der Waals surface area contributed by atoms with Crippen molar-refractivity contribution in [2.75, 3.05) is 5.32 Å². The van der Waals surface area contributed by atoms with Crippen molar-refractivity contribution in [2.45, 2.75) is 20.0 Å². The van der Waals surface area contributed by atoms with Crippen LogP contribution in [0.4, 0.5) is 5.69 Å². The van der Waals surface area contributed by atoms with Gasteiger partial charge < -0.3 is 10.1 Å². The standard InChI is InChI=1S/C9H12N2O2/c1-7(2)13-9-8(11-6-12)4-3-5-10-9/h3-7H,1-2H3,(H,11,12). The minimum Gasteiger partial charge on any atom is -0.473 e. The third kappa shape index (κ3) is 2.74. The van der Waals surface area contributed by atoms with Crippen molar-refractivity contribution in [1.29, 1.82) is 0 Å². The van der Waals surface area contributed by atoms with Crippen LogP contribution in [0.25, 0.3) is 0 Å². The Balaban J connectivity index is 2.83. The van der Waals surface area contributed by atoms with E-state index in [-0.39, 0.29) is 6.10 Å². The fourth-order valence-corrected chi connectivity index (χ4v) is 0.881. The van der Waals surface area contributed by atoms with Gasteiger partial charge in [-0.3, -0.25) is 4.79 Å². The lowest BCUT2D eigenvalue weighted by atomic mass is 10.4. The van der Waals surface area contributed by atoms with E-state index in [1.807, 2.05) is 13.8 Å². The van der Waals surface area contributed by atoms with Crippen molar-refractivity contribution in [1.82, 2.24) is 4.98 Å². The van der Waals surface area contributed by atoms with Gasteiger partial charge in [0, 0.05) is 6.20 Å². The number of pyridine rings is 1. The number of carbonyl (C=O) groups is 1. The van der Waals surface area contributed by atoms with Crippen LogP contribution in [0.5, 0.6) is 5.88 Å². The van der Waals surface area contributed by atoms with Crippen molar-refractivity contribution < 1.29 is 9.53 Å². The molecule has 0 aliphatic heterocycles. The zero-order valence-electron chi connectivity index (χ0n) is 7.65. The second kappa shape index (κ2) is 4.45. The number of rotatable bonds is 4.